The zero-order chi connectivity index (χ0) is 14.7. The second-order valence-corrected chi connectivity index (χ2v) is 6.56. The average molecular weight is 273 g/mol. The lowest BCUT2D eigenvalue weighted by Crippen LogP contribution is -2.41. The van der Waals surface area contributed by atoms with Gasteiger partial charge in [0.25, 0.3) is 0 Å². The van der Waals surface area contributed by atoms with E-state index in [1.807, 2.05) is 13.0 Å². The molecule has 1 aliphatic rings. The first-order valence-electron chi connectivity index (χ1n) is 6.93. The van der Waals surface area contributed by atoms with E-state index in [0.717, 1.165) is 27.7 Å². The average Bonchev–Trinajstić information content (AvgIpc) is 2.77. The SMILES string of the molecule is Cc1cc2c(C)noc2cc1B1OC(C)(C)C(C)(C)O1. The van der Waals surface area contributed by atoms with Crippen molar-refractivity contribution in [1.29, 1.82) is 0 Å². The summed E-state index contributed by atoms with van der Waals surface area (Å²) in [6.07, 6.45) is 0. The molecule has 2 aromatic rings. The number of fused-ring (bicyclic) bond motifs is 1. The second kappa shape index (κ2) is 4.09. The first-order chi connectivity index (χ1) is 9.21. The minimum atomic E-state index is -0.366. The topological polar surface area (TPSA) is 44.5 Å². The molecule has 5 heteroatoms. The van der Waals surface area contributed by atoms with Crippen LogP contribution in [0.3, 0.4) is 0 Å². The highest BCUT2D eigenvalue weighted by Gasteiger charge is 2.52. The van der Waals surface area contributed by atoms with Crippen molar-refractivity contribution in [2.75, 3.05) is 0 Å². The molecular formula is C15H20BNO3. The molecule has 1 saturated heterocycles. The summed E-state index contributed by atoms with van der Waals surface area (Å²) < 4.78 is 17.6. The Morgan fingerprint density at radius 3 is 2.20 bits per heavy atom. The van der Waals surface area contributed by atoms with Gasteiger partial charge in [-0.3, -0.25) is 0 Å². The number of hydrogen-bond acceptors (Lipinski definition) is 4. The highest BCUT2D eigenvalue weighted by molar-refractivity contribution is 6.63. The molecule has 106 valence electrons. The number of aromatic nitrogens is 1. The van der Waals surface area contributed by atoms with E-state index in [9.17, 15) is 0 Å². The zero-order valence-electron chi connectivity index (χ0n) is 12.9. The summed E-state index contributed by atoms with van der Waals surface area (Å²) in [6.45, 7) is 12.2. The second-order valence-electron chi connectivity index (χ2n) is 6.56. The Labute approximate surface area is 119 Å². The van der Waals surface area contributed by atoms with E-state index in [-0.39, 0.29) is 18.3 Å². The largest absolute Gasteiger partial charge is 0.495 e. The first kappa shape index (κ1) is 13.6. The van der Waals surface area contributed by atoms with Crippen LogP contribution in [0.15, 0.2) is 16.7 Å². The lowest BCUT2D eigenvalue weighted by molar-refractivity contribution is 0.00578. The molecule has 1 fully saturated rings. The van der Waals surface area contributed by atoms with Gasteiger partial charge in [-0.2, -0.15) is 0 Å². The van der Waals surface area contributed by atoms with Crippen molar-refractivity contribution in [3.63, 3.8) is 0 Å². The van der Waals surface area contributed by atoms with Crippen molar-refractivity contribution in [3.05, 3.63) is 23.4 Å². The number of nitrogens with zero attached hydrogens (tertiary/aromatic N) is 1. The van der Waals surface area contributed by atoms with E-state index in [1.165, 1.54) is 0 Å². The molecule has 0 atom stereocenters. The lowest BCUT2D eigenvalue weighted by Gasteiger charge is -2.32. The molecule has 1 aromatic heterocycles. The van der Waals surface area contributed by atoms with Crippen LogP contribution in [-0.2, 0) is 9.31 Å². The molecule has 20 heavy (non-hydrogen) atoms. The van der Waals surface area contributed by atoms with Gasteiger partial charge in [0.2, 0.25) is 0 Å². The number of aryl methyl sites for hydroxylation is 2. The predicted octanol–water partition coefficient (Wildman–Crippen LogP) is 2.74. The Hall–Kier alpha value is -1.33. The van der Waals surface area contributed by atoms with Crippen LogP contribution in [0.25, 0.3) is 11.0 Å². The van der Waals surface area contributed by atoms with Crippen LogP contribution in [0.2, 0.25) is 0 Å². The molecule has 0 N–H and O–H groups in total. The summed E-state index contributed by atoms with van der Waals surface area (Å²) in [5.41, 5.74) is 3.14. The summed E-state index contributed by atoms with van der Waals surface area (Å²) in [6, 6.07) is 4.06. The van der Waals surface area contributed by atoms with Gasteiger partial charge in [0.05, 0.1) is 16.9 Å². The Kier molecular flexibility index (Phi) is 2.79. The third-order valence-corrected chi connectivity index (χ3v) is 4.55. The standard InChI is InChI=1S/C15H20BNO3/c1-9-7-11-10(2)17-18-13(11)8-12(9)16-19-14(3,4)15(5,6)20-16/h7-8H,1-6H3. The molecule has 3 rings (SSSR count). The van der Waals surface area contributed by atoms with Gasteiger partial charge in [0.1, 0.15) is 0 Å². The molecule has 0 radical (unpaired) electrons. The minimum Gasteiger partial charge on any atom is -0.399 e. The first-order valence-corrected chi connectivity index (χ1v) is 6.93. The summed E-state index contributed by atoms with van der Waals surface area (Å²) in [4.78, 5) is 0. The molecule has 0 unspecified atom stereocenters. The summed E-state index contributed by atoms with van der Waals surface area (Å²) in [5, 5.41) is 5.05. The molecule has 1 aliphatic heterocycles. The van der Waals surface area contributed by atoms with Crippen LogP contribution in [0, 0.1) is 13.8 Å². The highest BCUT2D eigenvalue weighted by Crippen LogP contribution is 2.37. The van der Waals surface area contributed by atoms with Gasteiger partial charge in [0.15, 0.2) is 5.58 Å². The van der Waals surface area contributed by atoms with Gasteiger partial charge in [-0.25, -0.2) is 0 Å². The molecule has 0 bridgehead atoms. The summed E-state index contributed by atoms with van der Waals surface area (Å²) in [5.74, 6) is 0. The third kappa shape index (κ3) is 1.88. The Balaban J connectivity index is 2.05. The third-order valence-electron chi connectivity index (χ3n) is 4.55. The highest BCUT2D eigenvalue weighted by atomic mass is 16.7. The number of benzene rings is 1. The van der Waals surface area contributed by atoms with Crippen LogP contribution in [0.5, 0.6) is 0 Å². The fraction of sp³-hybridized carbons (Fsp3) is 0.533. The number of rotatable bonds is 1. The van der Waals surface area contributed by atoms with Crippen molar-refractivity contribution >= 4 is 23.6 Å². The monoisotopic (exact) mass is 273 g/mol. The maximum absolute atomic E-state index is 6.10. The van der Waals surface area contributed by atoms with Gasteiger partial charge < -0.3 is 13.8 Å². The van der Waals surface area contributed by atoms with E-state index in [2.05, 4.69) is 45.8 Å². The smallest absolute Gasteiger partial charge is 0.399 e. The van der Waals surface area contributed by atoms with Crippen molar-refractivity contribution in [2.45, 2.75) is 52.7 Å². The van der Waals surface area contributed by atoms with Gasteiger partial charge in [-0.1, -0.05) is 10.7 Å². The molecule has 0 saturated carbocycles. The normalized spacial score (nSPS) is 20.8. The van der Waals surface area contributed by atoms with E-state index in [1.54, 1.807) is 0 Å². The van der Waals surface area contributed by atoms with Gasteiger partial charge in [0, 0.05) is 5.39 Å². The van der Waals surface area contributed by atoms with Crippen LogP contribution < -0.4 is 5.46 Å². The van der Waals surface area contributed by atoms with Crippen LogP contribution in [0.1, 0.15) is 39.0 Å². The quantitative estimate of drug-likeness (QED) is 0.749. The van der Waals surface area contributed by atoms with Crippen molar-refractivity contribution in [3.8, 4) is 0 Å². The van der Waals surface area contributed by atoms with E-state index in [4.69, 9.17) is 13.8 Å². The minimum absolute atomic E-state index is 0.337. The molecular weight excluding hydrogens is 253 g/mol. The van der Waals surface area contributed by atoms with Gasteiger partial charge >= 0.3 is 7.12 Å². The van der Waals surface area contributed by atoms with Gasteiger partial charge in [-0.15, -0.1) is 0 Å². The van der Waals surface area contributed by atoms with Crippen molar-refractivity contribution in [1.82, 2.24) is 5.16 Å². The maximum atomic E-state index is 6.10. The Morgan fingerprint density at radius 1 is 1.00 bits per heavy atom. The van der Waals surface area contributed by atoms with E-state index < -0.39 is 0 Å². The summed E-state index contributed by atoms with van der Waals surface area (Å²) >= 11 is 0. The Morgan fingerprint density at radius 2 is 1.60 bits per heavy atom. The molecule has 0 amide bonds. The van der Waals surface area contributed by atoms with Crippen molar-refractivity contribution in [2.24, 2.45) is 0 Å². The van der Waals surface area contributed by atoms with Crippen LogP contribution in [-0.4, -0.2) is 23.5 Å². The van der Waals surface area contributed by atoms with Crippen LogP contribution >= 0.6 is 0 Å². The van der Waals surface area contributed by atoms with E-state index in [0.29, 0.717) is 0 Å². The zero-order valence-corrected chi connectivity index (χ0v) is 12.9. The number of hydrogen-bond donors (Lipinski definition) is 0. The molecule has 0 aliphatic carbocycles. The predicted molar refractivity (Wildman–Crippen MR) is 79.2 cm³/mol. The molecule has 1 aromatic carbocycles. The van der Waals surface area contributed by atoms with E-state index >= 15 is 0 Å². The Bertz CT molecular complexity index is 659. The molecule has 2 heterocycles. The lowest BCUT2D eigenvalue weighted by atomic mass is 9.76. The maximum Gasteiger partial charge on any atom is 0.495 e. The fourth-order valence-electron chi connectivity index (χ4n) is 2.45. The van der Waals surface area contributed by atoms with Crippen molar-refractivity contribution < 1.29 is 13.8 Å². The summed E-state index contributed by atoms with van der Waals surface area (Å²) in [7, 11) is -0.366. The molecule has 4 nitrogen and oxygen atoms in total. The van der Waals surface area contributed by atoms with Crippen LogP contribution in [0.4, 0.5) is 0 Å². The molecule has 0 spiro atoms. The van der Waals surface area contributed by atoms with Gasteiger partial charge in [-0.05, 0) is 59.1 Å². The fourth-order valence-corrected chi connectivity index (χ4v) is 2.45.